The van der Waals surface area contributed by atoms with Gasteiger partial charge < -0.3 is 9.84 Å². The first-order valence-corrected chi connectivity index (χ1v) is 7.90. The van der Waals surface area contributed by atoms with Crippen LogP contribution in [-0.2, 0) is 0 Å². The number of aromatic hydroxyl groups is 1. The largest absolute Gasteiger partial charge is 0.507 e. The van der Waals surface area contributed by atoms with Crippen LogP contribution in [0.5, 0.6) is 11.5 Å². The molecule has 0 unspecified atom stereocenters. The first-order valence-electron chi connectivity index (χ1n) is 7.53. The summed E-state index contributed by atoms with van der Waals surface area (Å²) >= 11 is 5.90. The number of phenolic OH excluding ortho intramolecular Hbond substituents is 1. The van der Waals surface area contributed by atoms with E-state index in [1.807, 2.05) is 32.1 Å². The number of hydrogen-bond donors (Lipinski definition) is 1. The maximum absolute atomic E-state index is 12.2. The summed E-state index contributed by atoms with van der Waals surface area (Å²) < 4.78 is 5.49. The number of rotatable bonds is 6. The standard InChI is InChI=1S/C20H19ClO3/c1-14(2)10-11-24-17-7-8-18(20(23)13-17)19(22)9-6-15-4-3-5-16(21)12-15/h3-10,12-13,23H,11H2,1-2H3/b9-6+. The Balaban J connectivity index is 2.08. The van der Waals surface area contributed by atoms with Gasteiger partial charge >= 0.3 is 0 Å². The molecule has 4 heteroatoms. The summed E-state index contributed by atoms with van der Waals surface area (Å²) in [6.07, 6.45) is 5.00. The first-order chi connectivity index (χ1) is 11.5. The molecular formula is C20H19ClO3. The number of ketones is 1. The van der Waals surface area contributed by atoms with E-state index in [4.69, 9.17) is 16.3 Å². The molecule has 24 heavy (non-hydrogen) atoms. The highest BCUT2D eigenvalue weighted by atomic mass is 35.5. The molecule has 1 N–H and O–H groups in total. The van der Waals surface area contributed by atoms with Crippen molar-refractivity contribution in [2.24, 2.45) is 0 Å². The number of benzene rings is 2. The maximum atomic E-state index is 12.2. The maximum Gasteiger partial charge on any atom is 0.189 e. The van der Waals surface area contributed by atoms with E-state index in [1.54, 1.807) is 30.3 Å². The molecule has 3 nitrogen and oxygen atoms in total. The topological polar surface area (TPSA) is 46.5 Å². The van der Waals surface area contributed by atoms with Crippen LogP contribution in [0.15, 0.2) is 60.2 Å². The van der Waals surface area contributed by atoms with Crippen LogP contribution in [0, 0.1) is 0 Å². The molecule has 0 atom stereocenters. The van der Waals surface area contributed by atoms with Gasteiger partial charge in [-0.15, -0.1) is 0 Å². The lowest BCUT2D eigenvalue weighted by Gasteiger charge is -2.06. The molecule has 0 saturated heterocycles. The molecule has 0 amide bonds. The van der Waals surface area contributed by atoms with Crippen molar-refractivity contribution in [3.05, 3.63) is 76.3 Å². The van der Waals surface area contributed by atoms with E-state index in [0.717, 1.165) is 11.1 Å². The van der Waals surface area contributed by atoms with Crippen LogP contribution in [0.3, 0.4) is 0 Å². The lowest BCUT2D eigenvalue weighted by atomic mass is 10.1. The van der Waals surface area contributed by atoms with Crippen molar-refractivity contribution in [1.82, 2.24) is 0 Å². The summed E-state index contributed by atoms with van der Waals surface area (Å²) in [5.74, 6) is 0.120. The van der Waals surface area contributed by atoms with Crippen molar-refractivity contribution in [3.8, 4) is 11.5 Å². The monoisotopic (exact) mass is 342 g/mol. The molecule has 0 heterocycles. The van der Waals surface area contributed by atoms with Crippen LogP contribution in [-0.4, -0.2) is 17.5 Å². The fraction of sp³-hybridized carbons (Fsp3) is 0.150. The average Bonchev–Trinajstić information content (AvgIpc) is 2.52. The van der Waals surface area contributed by atoms with Gasteiger partial charge in [-0.25, -0.2) is 0 Å². The number of allylic oxidation sites excluding steroid dienone is 2. The third-order valence-electron chi connectivity index (χ3n) is 3.25. The van der Waals surface area contributed by atoms with Crippen molar-refractivity contribution in [1.29, 1.82) is 0 Å². The zero-order chi connectivity index (χ0) is 17.5. The van der Waals surface area contributed by atoms with Crippen LogP contribution in [0.2, 0.25) is 5.02 Å². The van der Waals surface area contributed by atoms with Gasteiger partial charge in [-0.3, -0.25) is 4.79 Å². The second kappa shape index (κ2) is 8.37. The summed E-state index contributed by atoms with van der Waals surface area (Å²) in [5, 5.41) is 10.6. The van der Waals surface area contributed by atoms with Gasteiger partial charge in [0.2, 0.25) is 0 Å². The van der Waals surface area contributed by atoms with Crippen molar-refractivity contribution in [2.75, 3.05) is 6.61 Å². The zero-order valence-electron chi connectivity index (χ0n) is 13.6. The normalized spacial score (nSPS) is 10.6. The van der Waals surface area contributed by atoms with E-state index in [1.165, 1.54) is 12.1 Å². The van der Waals surface area contributed by atoms with Gasteiger partial charge in [0.1, 0.15) is 18.1 Å². The van der Waals surface area contributed by atoms with E-state index in [2.05, 4.69) is 0 Å². The molecule has 0 aliphatic heterocycles. The second-order valence-corrected chi connectivity index (χ2v) is 5.96. The van der Waals surface area contributed by atoms with Gasteiger partial charge in [-0.05, 0) is 55.8 Å². The van der Waals surface area contributed by atoms with Crippen LogP contribution in [0.4, 0.5) is 0 Å². The predicted molar refractivity (Wildman–Crippen MR) is 97.8 cm³/mol. The van der Waals surface area contributed by atoms with E-state index in [9.17, 15) is 9.90 Å². The van der Waals surface area contributed by atoms with Crippen molar-refractivity contribution in [3.63, 3.8) is 0 Å². The molecule has 0 aliphatic carbocycles. The molecule has 2 aromatic rings. The average molecular weight is 343 g/mol. The Labute approximate surface area is 146 Å². The van der Waals surface area contributed by atoms with Crippen LogP contribution >= 0.6 is 11.6 Å². The third-order valence-corrected chi connectivity index (χ3v) is 3.49. The summed E-state index contributed by atoms with van der Waals surface area (Å²) in [5.41, 5.74) is 2.19. The number of ether oxygens (including phenoxy) is 1. The summed E-state index contributed by atoms with van der Waals surface area (Å²) in [4.78, 5) is 12.2. The Bertz CT molecular complexity index is 787. The lowest BCUT2D eigenvalue weighted by molar-refractivity contribution is 0.104. The molecule has 0 saturated carbocycles. The highest BCUT2D eigenvalue weighted by Crippen LogP contribution is 2.24. The Kier molecular flexibility index (Phi) is 6.21. The first kappa shape index (κ1) is 17.8. The molecule has 0 spiro atoms. The van der Waals surface area contributed by atoms with E-state index >= 15 is 0 Å². The zero-order valence-corrected chi connectivity index (χ0v) is 14.4. The molecular weight excluding hydrogens is 324 g/mol. The molecule has 0 bridgehead atoms. The number of halogens is 1. The van der Waals surface area contributed by atoms with Crippen molar-refractivity contribution >= 4 is 23.5 Å². The number of phenols is 1. The van der Waals surface area contributed by atoms with Gasteiger partial charge in [0.25, 0.3) is 0 Å². The van der Waals surface area contributed by atoms with Gasteiger partial charge in [0.15, 0.2) is 5.78 Å². The Hall–Kier alpha value is -2.52. The lowest BCUT2D eigenvalue weighted by Crippen LogP contribution is -1.98. The molecule has 0 fully saturated rings. The van der Waals surface area contributed by atoms with Gasteiger partial charge in [0, 0.05) is 11.1 Å². The molecule has 124 valence electrons. The molecule has 0 radical (unpaired) electrons. The molecule has 2 aromatic carbocycles. The fourth-order valence-corrected chi connectivity index (χ4v) is 2.18. The van der Waals surface area contributed by atoms with E-state index in [-0.39, 0.29) is 17.1 Å². The number of carbonyl (C=O) groups is 1. The van der Waals surface area contributed by atoms with Crippen LogP contribution in [0.1, 0.15) is 29.8 Å². The smallest absolute Gasteiger partial charge is 0.189 e. The third kappa shape index (κ3) is 5.28. The summed E-state index contributed by atoms with van der Waals surface area (Å²) in [7, 11) is 0. The SMILES string of the molecule is CC(C)=CCOc1ccc(C(=O)/C=C/c2cccc(Cl)c2)c(O)c1. The quantitative estimate of drug-likeness (QED) is 0.441. The molecule has 0 aliphatic rings. The van der Waals surface area contributed by atoms with Crippen LogP contribution in [0.25, 0.3) is 6.08 Å². The summed E-state index contributed by atoms with van der Waals surface area (Å²) in [6, 6.07) is 11.8. The van der Waals surface area contributed by atoms with Crippen LogP contribution < -0.4 is 4.74 Å². The minimum Gasteiger partial charge on any atom is -0.507 e. The number of carbonyl (C=O) groups excluding carboxylic acids is 1. The van der Waals surface area contributed by atoms with Crippen molar-refractivity contribution in [2.45, 2.75) is 13.8 Å². The predicted octanol–water partition coefficient (Wildman–Crippen LogP) is 5.29. The fourth-order valence-electron chi connectivity index (χ4n) is 1.99. The highest BCUT2D eigenvalue weighted by molar-refractivity contribution is 6.30. The molecule has 2 rings (SSSR count). The Morgan fingerprint density at radius 2 is 2.00 bits per heavy atom. The minimum absolute atomic E-state index is 0.106. The molecule has 0 aromatic heterocycles. The minimum atomic E-state index is -0.289. The van der Waals surface area contributed by atoms with E-state index in [0.29, 0.717) is 17.4 Å². The second-order valence-electron chi connectivity index (χ2n) is 5.52. The van der Waals surface area contributed by atoms with Gasteiger partial charge in [-0.2, -0.15) is 0 Å². The van der Waals surface area contributed by atoms with Crippen molar-refractivity contribution < 1.29 is 14.6 Å². The summed E-state index contributed by atoms with van der Waals surface area (Å²) in [6.45, 7) is 4.38. The number of hydrogen-bond acceptors (Lipinski definition) is 3. The van der Waals surface area contributed by atoms with Gasteiger partial charge in [-0.1, -0.05) is 35.4 Å². The van der Waals surface area contributed by atoms with Gasteiger partial charge in [0.05, 0.1) is 5.56 Å². The Morgan fingerprint density at radius 3 is 2.67 bits per heavy atom. The van der Waals surface area contributed by atoms with E-state index < -0.39 is 0 Å². The highest BCUT2D eigenvalue weighted by Gasteiger charge is 2.09. The Morgan fingerprint density at radius 1 is 1.21 bits per heavy atom.